The van der Waals surface area contributed by atoms with Crippen LogP contribution >= 0.6 is 0 Å². The molecule has 0 saturated heterocycles. The van der Waals surface area contributed by atoms with Gasteiger partial charge in [-0.1, -0.05) is 13.8 Å². The predicted octanol–water partition coefficient (Wildman–Crippen LogP) is 1.80. The van der Waals surface area contributed by atoms with Crippen molar-refractivity contribution in [1.29, 1.82) is 0 Å². The van der Waals surface area contributed by atoms with E-state index in [1.807, 2.05) is 13.8 Å². The molecule has 0 radical (unpaired) electrons. The standard InChI is InChI=1S/C16H26N2O4/c1-4-12(18-8-7-17-5-2)15-13(19)9-11(10-14(15)20)16(21)22-6-3/h11,17,19H,4-10H2,1-3H3. The summed E-state index contributed by atoms with van der Waals surface area (Å²) in [6, 6.07) is 0. The molecule has 22 heavy (non-hydrogen) atoms. The van der Waals surface area contributed by atoms with Crippen molar-refractivity contribution in [1.82, 2.24) is 5.32 Å². The van der Waals surface area contributed by atoms with Gasteiger partial charge in [0.25, 0.3) is 0 Å². The third-order valence-electron chi connectivity index (χ3n) is 3.52. The van der Waals surface area contributed by atoms with Crippen LogP contribution in [0.3, 0.4) is 0 Å². The Bertz CT molecular complexity index is 469. The highest BCUT2D eigenvalue weighted by Gasteiger charge is 2.34. The second-order valence-electron chi connectivity index (χ2n) is 5.14. The van der Waals surface area contributed by atoms with E-state index in [4.69, 9.17) is 4.74 Å². The number of allylic oxidation sites excluding steroid dienone is 2. The summed E-state index contributed by atoms with van der Waals surface area (Å²) < 4.78 is 4.93. The molecular formula is C16H26N2O4. The van der Waals surface area contributed by atoms with Gasteiger partial charge in [0.1, 0.15) is 5.76 Å². The van der Waals surface area contributed by atoms with Crippen molar-refractivity contribution in [2.75, 3.05) is 26.2 Å². The van der Waals surface area contributed by atoms with Crippen molar-refractivity contribution in [3.05, 3.63) is 11.3 Å². The Morgan fingerprint density at radius 1 is 1.36 bits per heavy atom. The maximum atomic E-state index is 12.3. The summed E-state index contributed by atoms with van der Waals surface area (Å²) >= 11 is 0. The fourth-order valence-corrected chi connectivity index (χ4v) is 2.46. The van der Waals surface area contributed by atoms with Gasteiger partial charge in [0, 0.05) is 25.1 Å². The van der Waals surface area contributed by atoms with Gasteiger partial charge in [-0.3, -0.25) is 14.6 Å². The summed E-state index contributed by atoms with van der Waals surface area (Å²) in [5, 5.41) is 13.3. The number of Topliss-reactive ketones (excluding diaryl/α,β-unsaturated/α-hetero) is 1. The Kier molecular flexibility index (Phi) is 7.80. The van der Waals surface area contributed by atoms with Crippen molar-refractivity contribution in [2.24, 2.45) is 10.9 Å². The van der Waals surface area contributed by atoms with Gasteiger partial charge in [-0.05, 0) is 19.9 Å². The van der Waals surface area contributed by atoms with Crippen LogP contribution in [-0.2, 0) is 14.3 Å². The number of rotatable bonds is 8. The second-order valence-corrected chi connectivity index (χ2v) is 5.14. The first kappa shape index (κ1) is 18.4. The first-order valence-electron chi connectivity index (χ1n) is 7.91. The first-order valence-corrected chi connectivity index (χ1v) is 7.91. The molecule has 1 aliphatic rings. The molecule has 0 saturated carbocycles. The number of ether oxygens (including phenoxy) is 1. The summed E-state index contributed by atoms with van der Waals surface area (Å²) in [5.74, 6) is -1.29. The quantitative estimate of drug-likeness (QED) is 0.405. The zero-order valence-corrected chi connectivity index (χ0v) is 13.6. The second kappa shape index (κ2) is 9.35. The van der Waals surface area contributed by atoms with Crippen LogP contribution in [0.4, 0.5) is 0 Å². The number of nitrogens with one attached hydrogen (secondary N) is 1. The van der Waals surface area contributed by atoms with E-state index in [9.17, 15) is 14.7 Å². The van der Waals surface area contributed by atoms with Crippen LogP contribution in [-0.4, -0.2) is 48.8 Å². The number of carbonyl (C=O) groups excluding carboxylic acids is 2. The van der Waals surface area contributed by atoms with E-state index in [0.29, 0.717) is 24.3 Å². The van der Waals surface area contributed by atoms with Crippen LogP contribution < -0.4 is 5.32 Å². The molecule has 1 aliphatic carbocycles. The largest absolute Gasteiger partial charge is 0.511 e. The van der Waals surface area contributed by atoms with E-state index in [-0.39, 0.29) is 31.0 Å². The highest BCUT2D eigenvalue weighted by atomic mass is 16.5. The third kappa shape index (κ3) is 4.94. The van der Waals surface area contributed by atoms with Gasteiger partial charge < -0.3 is 15.2 Å². The smallest absolute Gasteiger partial charge is 0.309 e. The lowest BCUT2D eigenvalue weighted by Crippen LogP contribution is -2.30. The minimum atomic E-state index is -0.587. The van der Waals surface area contributed by atoms with Crippen LogP contribution in [0.15, 0.2) is 16.3 Å². The maximum absolute atomic E-state index is 12.3. The van der Waals surface area contributed by atoms with Crippen molar-refractivity contribution in [2.45, 2.75) is 40.0 Å². The number of esters is 1. The molecule has 0 heterocycles. The van der Waals surface area contributed by atoms with Crippen LogP contribution in [0.1, 0.15) is 40.0 Å². The average Bonchev–Trinajstić information content (AvgIpc) is 2.49. The minimum Gasteiger partial charge on any atom is -0.511 e. The van der Waals surface area contributed by atoms with Crippen LogP contribution in [0.25, 0.3) is 0 Å². The molecule has 0 amide bonds. The van der Waals surface area contributed by atoms with Crippen molar-refractivity contribution in [3.8, 4) is 0 Å². The van der Waals surface area contributed by atoms with Crippen molar-refractivity contribution in [3.63, 3.8) is 0 Å². The van der Waals surface area contributed by atoms with Crippen molar-refractivity contribution < 1.29 is 19.4 Å². The number of hydrogen-bond donors (Lipinski definition) is 2. The molecule has 0 aromatic heterocycles. The minimum absolute atomic E-state index is 0.0432. The molecule has 0 aliphatic heterocycles. The van der Waals surface area contributed by atoms with Crippen LogP contribution in [0, 0.1) is 5.92 Å². The molecule has 0 aromatic rings. The van der Waals surface area contributed by atoms with Gasteiger partial charge in [-0.2, -0.15) is 0 Å². The van der Waals surface area contributed by atoms with E-state index < -0.39 is 11.9 Å². The Morgan fingerprint density at radius 3 is 2.64 bits per heavy atom. The highest BCUT2D eigenvalue weighted by Crippen LogP contribution is 2.28. The molecule has 0 spiro atoms. The molecule has 1 atom stereocenters. The predicted molar refractivity (Wildman–Crippen MR) is 85.2 cm³/mol. The molecule has 124 valence electrons. The lowest BCUT2D eigenvalue weighted by molar-refractivity contribution is -0.149. The molecule has 0 fully saturated rings. The van der Waals surface area contributed by atoms with Gasteiger partial charge >= 0.3 is 5.97 Å². The number of carbonyl (C=O) groups is 2. The van der Waals surface area contributed by atoms with Crippen LogP contribution in [0.5, 0.6) is 0 Å². The van der Waals surface area contributed by atoms with Gasteiger partial charge in [0.15, 0.2) is 5.78 Å². The highest BCUT2D eigenvalue weighted by molar-refractivity contribution is 6.23. The lowest BCUT2D eigenvalue weighted by atomic mass is 9.84. The number of nitrogens with zero attached hydrogens (tertiary/aromatic N) is 1. The fourth-order valence-electron chi connectivity index (χ4n) is 2.46. The summed E-state index contributed by atoms with van der Waals surface area (Å²) in [7, 11) is 0. The molecule has 2 N–H and O–H groups in total. The first-order chi connectivity index (χ1) is 10.5. The number of hydrogen-bond acceptors (Lipinski definition) is 6. The zero-order valence-electron chi connectivity index (χ0n) is 13.6. The summed E-state index contributed by atoms with van der Waals surface area (Å²) in [6.45, 7) is 8.06. The fraction of sp³-hybridized carbons (Fsp3) is 0.688. The number of ketones is 1. The van der Waals surface area contributed by atoms with Gasteiger partial charge in [0.05, 0.1) is 24.6 Å². The Labute approximate surface area is 131 Å². The van der Waals surface area contributed by atoms with E-state index in [1.54, 1.807) is 6.92 Å². The number of aliphatic hydroxyl groups is 1. The molecule has 0 bridgehead atoms. The Hall–Kier alpha value is -1.69. The number of aliphatic hydroxyl groups excluding tert-OH is 1. The van der Waals surface area contributed by atoms with Gasteiger partial charge in [-0.15, -0.1) is 0 Å². The van der Waals surface area contributed by atoms with Gasteiger partial charge in [0.2, 0.25) is 0 Å². The maximum Gasteiger partial charge on any atom is 0.309 e. The van der Waals surface area contributed by atoms with Crippen molar-refractivity contribution >= 4 is 17.5 Å². The average molecular weight is 310 g/mol. The Balaban J connectivity index is 2.85. The van der Waals surface area contributed by atoms with E-state index in [1.165, 1.54) is 0 Å². The van der Waals surface area contributed by atoms with E-state index in [2.05, 4.69) is 10.3 Å². The monoisotopic (exact) mass is 310 g/mol. The molecule has 1 rings (SSSR count). The summed E-state index contributed by atoms with van der Waals surface area (Å²) in [4.78, 5) is 28.4. The molecule has 0 aromatic carbocycles. The molecular weight excluding hydrogens is 284 g/mol. The lowest BCUT2D eigenvalue weighted by Gasteiger charge is -2.22. The van der Waals surface area contributed by atoms with E-state index >= 15 is 0 Å². The SMILES string of the molecule is CCNCCN=C(CC)C1=C(O)CC(C(=O)OCC)CC1=O. The topological polar surface area (TPSA) is 88.0 Å². The summed E-state index contributed by atoms with van der Waals surface area (Å²) in [5.41, 5.74) is 0.905. The van der Waals surface area contributed by atoms with Crippen LogP contribution in [0.2, 0.25) is 0 Å². The summed E-state index contributed by atoms with van der Waals surface area (Å²) in [6.07, 6.45) is 0.790. The molecule has 6 heteroatoms. The third-order valence-corrected chi connectivity index (χ3v) is 3.52. The number of likely N-dealkylation sites (N-methyl/N-ethyl adjacent to an activating group) is 1. The van der Waals surface area contributed by atoms with E-state index in [0.717, 1.165) is 13.1 Å². The zero-order chi connectivity index (χ0) is 16.5. The molecule has 1 unspecified atom stereocenters. The van der Waals surface area contributed by atoms with Gasteiger partial charge in [-0.25, -0.2) is 0 Å². The molecule has 6 nitrogen and oxygen atoms in total. The number of aliphatic imine (C=N–C) groups is 1. The Morgan fingerprint density at radius 2 is 2.09 bits per heavy atom. The normalized spacial score (nSPS) is 19.5.